The fraction of sp³-hybridized carbons (Fsp3) is 0. The second-order valence-electron chi connectivity index (χ2n) is 3.87. The molecule has 2 rings (SSSR count). The van der Waals surface area contributed by atoms with Gasteiger partial charge in [0.05, 0.1) is 22.3 Å². The lowest BCUT2D eigenvalue weighted by Gasteiger charge is -2.09. The van der Waals surface area contributed by atoms with E-state index in [1.54, 1.807) is 0 Å². The van der Waals surface area contributed by atoms with Crippen molar-refractivity contribution in [2.45, 2.75) is 4.90 Å². The molecule has 0 unspecified atom stereocenters. The first-order valence-electron chi connectivity index (χ1n) is 5.40. The smallest absolute Gasteiger partial charge is 0.263 e. The van der Waals surface area contributed by atoms with Crippen molar-refractivity contribution >= 4 is 27.3 Å². The average Bonchev–Trinajstić information content (AvgIpc) is 2.41. The number of hydrogen-bond donors (Lipinski definition) is 1. The maximum Gasteiger partial charge on any atom is 0.263 e. The predicted molar refractivity (Wildman–Crippen MR) is 73.4 cm³/mol. The number of sulfonamides is 1. The molecule has 0 aliphatic heterocycles. The Morgan fingerprint density at radius 3 is 2.65 bits per heavy atom. The van der Waals surface area contributed by atoms with E-state index in [-0.39, 0.29) is 15.6 Å². The van der Waals surface area contributed by atoms with E-state index < -0.39 is 15.8 Å². The molecule has 0 saturated carbocycles. The van der Waals surface area contributed by atoms with Crippen molar-refractivity contribution in [3.8, 4) is 6.07 Å². The first-order valence-corrected chi connectivity index (χ1v) is 7.26. The van der Waals surface area contributed by atoms with Crippen molar-refractivity contribution in [3.05, 3.63) is 58.9 Å². The highest BCUT2D eigenvalue weighted by atomic mass is 35.5. The van der Waals surface area contributed by atoms with Gasteiger partial charge in [-0.05, 0) is 36.4 Å². The van der Waals surface area contributed by atoms with Crippen LogP contribution in [0.5, 0.6) is 0 Å². The van der Waals surface area contributed by atoms with Crippen LogP contribution in [-0.2, 0) is 10.0 Å². The van der Waals surface area contributed by atoms with Crippen LogP contribution in [0.25, 0.3) is 0 Å². The van der Waals surface area contributed by atoms with E-state index in [1.165, 1.54) is 24.3 Å². The molecule has 102 valence electrons. The second kappa shape index (κ2) is 5.49. The number of benzene rings is 2. The van der Waals surface area contributed by atoms with Crippen molar-refractivity contribution in [3.63, 3.8) is 0 Å². The first kappa shape index (κ1) is 14.3. The van der Waals surface area contributed by atoms with Crippen LogP contribution in [-0.4, -0.2) is 8.42 Å². The molecule has 1 N–H and O–H groups in total. The van der Waals surface area contributed by atoms with Crippen LogP contribution < -0.4 is 4.72 Å². The van der Waals surface area contributed by atoms with Gasteiger partial charge in [-0.25, -0.2) is 12.8 Å². The minimum absolute atomic E-state index is 0.0877. The fourth-order valence-corrected chi connectivity index (χ4v) is 3.11. The van der Waals surface area contributed by atoms with Gasteiger partial charge < -0.3 is 0 Å². The molecule has 0 spiro atoms. The highest BCUT2D eigenvalue weighted by molar-refractivity contribution is 7.92. The second-order valence-corrected chi connectivity index (χ2v) is 5.93. The number of anilines is 1. The normalized spacial score (nSPS) is 10.8. The quantitative estimate of drug-likeness (QED) is 0.946. The van der Waals surface area contributed by atoms with Gasteiger partial charge in [-0.1, -0.05) is 17.7 Å². The number of hydrogen-bond acceptors (Lipinski definition) is 3. The number of nitrogens with one attached hydrogen (secondary N) is 1. The minimum atomic E-state index is -4.02. The van der Waals surface area contributed by atoms with Crippen molar-refractivity contribution in [2.24, 2.45) is 0 Å². The lowest BCUT2D eigenvalue weighted by molar-refractivity contribution is 0.595. The molecule has 0 aromatic heterocycles. The summed E-state index contributed by atoms with van der Waals surface area (Å²) in [5.74, 6) is -0.708. The van der Waals surface area contributed by atoms with E-state index in [9.17, 15) is 12.8 Å². The molecule has 7 heteroatoms. The molecule has 0 aliphatic carbocycles. The first-order chi connectivity index (χ1) is 9.42. The van der Waals surface area contributed by atoms with Crippen LogP contribution in [0.3, 0.4) is 0 Å². The Kier molecular flexibility index (Phi) is 3.93. The zero-order valence-electron chi connectivity index (χ0n) is 9.97. The Bertz CT molecular complexity index is 800. The van der Waals surface area contributed by atoms with Crippen LogP contribution in [0.15, 0.2) is 47.4 Å². The van der Waals surface area contributed by atoms with Crippen LogP contribution in [0.1, 0.15) is 5.56 Å². The zero-order chi connectivity index (χ0) is 14.8. The fourth-order valence-electron chi connectivity index (χ4n) is 1.55. The Balaban J connectivity index is 2.41. The molecule has 0 heterocycles. The summed E-state index contributed by atoms with van der Waals surface area (Å²) >= 11 is 5.77. The number of nitrogens with zero attached hydrogens (tertiary/aromatic N) is 1. The summed E-state index contributed by atoms with van der Waals surface area (Å²) in [5.41, 5.74) is 0.500. The predicted octanol–water partition coefficient (Wildman–Crippen LogP) is 3.15. The van der Waals surface area contributed by atoms with Gasteiger partial charge in [0.2, 0.25) is 0 Å². The third-order valence-corrected chi connectivity index (χ3v) is 4.29. The molecule has 20 heavy (non-hydrogen) atoms. The van der Waals surface area contributed by atoms with Gasteiger partial charge in [-0.2, -0.15) is 5.26 Å². The average molecular weight is 311 g/mol. The summed E-state index contributed by atoms with van der Waals surface area (Å²) in [7, 11) is -4.02. The van der Waals surface area contributed by atoms with E-state index in [1.807, 2.05) is 6.07 Å². The van der Waals surface area contributed by atoms with E-state index >= 15 is 0 Å². The van der Waals surface area contributed by atoms with Gasteiger partial charge in [0.15, 0.2) is 0 Å². The zero-order valence-corrected chi connectivity index (χ0v) is 11.5. The molecule has 0 atom stereocenters. The summed E-state index contributed by atoms with van der Waals surface area (Å²) in [6.45, 7) is 0. The number of nitriles is 1. The third-order valence-electron chi connectivity index (χ3n) is 2.43. The maximum absolute atomic E-state index is 13.1. The number of rotatable bonds is 3. The molecule has 0 fully saturated rings. The summed E-state index contributed by atoms with van der Waals surface area (Å²) in [6.07, 6.45) is 0. The minimum Gasteiger partial charge on any atom is -0.280 e. The molecule has 0 amide bonds. The molecule has 0 radical (unpaired) electrons. The molecular weight excluding hydrogens is 303 g/mol. The van der Waals surface area contributed by atoms with E-state index in [0.29, 0.717) is 5.56 Å². The van der Waals surface area contributed by atoms with Crippen molar-refractivity contribution in [2.75, 3.05) is 4.72 Å². The summed E-state index contributed by atoms with van der Waals surface area (Å²) in [6, 6.07) is 10.9. The van der Waals surface area contributed by atoms with Gasteiger partial charge in [-0.3, -0.25) is 4.72 Å². The third kappa shape index (κ3) is 3.07. The molecule has 0 saturated heterocycles. The van der Waals surface area contributed by atoms with E-state index in [4.69, 9.17) is 16.9 Å². The van der Waals surface area contributed by atoms with Gasteiger partial charge in [-0.15, -0.1) is 0 Å². The van der Waals surface area contributed by atoms with Crippen molar-refractivity contribution < 1.29 is 12.8 Å². The summed E-state index contributed by atoms with van der Waals surface area (Å²) in [4.78, 5) is -0.360. The van der Waals surface area contributed by atoms with Crippen LogP contribution in [0.2, 0.25) is 5.02 Å². The summed E-state index contributed by atoms with van der Waals surface area (Å²) < 4.78 is 39.6. The Hall–Kier alpha value is -2.10. The Morgan fingerprint density at radius 1 is 1.20 bits per heavy atom. The van der Waals surface area contributed by atoms with Gasteiger partial charge in [0.25, 0.3) is 10.0 Å². The summed E-state index contributed by atoms with van der Waals surface area (Å²) in [5, 5.41) is 8.67. The molecule has 2 aromatic rings. The maximum atomic E-state index is 13.1. The van der Waals surface area contributed by atoms with Gasteiger partial charge in [0, 0.05) is 0 Å². The highest BCUT2D eigenvalue weighted by Crippen LogP contribution is 2.24. The monoisotopic (exact) mass is 310 g/mol. The SMILES string of the molecule is N#Cc1cccc(NS(=O)(=O)c2cc(F)ccc2Cl)c1. The molecule has 4 nitrogen and oxygen atoms in total. The van der Waals surface area contributed by atoms with Crippen molar-refractivity contribution in [1.29, 1.82) is 5.26 Å². The van der Waals surface area contributed by atoms with Gasteiger partial charge >= 0.3 is 0 Å². The highest BCUT2D eigenvalue weighted by Gasteiger charge is 2.19. The van der Waals surface area contributed by atoms with Crippen LogP contribution in [0.4, 0.5) is 10.1 Å². The molecule has 0 bridgehead atoms. The van der Waals surface area contributed by atoms with Gasteiger partial charge in [0.1, 0.15) is 10.7 Å². The van der Waals surface area contributed by atoms with Crippen LogP contribution >= 0.6 is 11.6 Å². The van der Waals surface area contributed by atoms with E-state index in [0.717, 1.165) is 18.2 Å². The molecular formula is C13H8ClFN2O2S. The largest absolute Gasteiger partial charge is 0.280 e. The van der Waals surface area contributed by atoms with Crippen molar-refractivity contribution in [1.82, 2.24) is 0 Å². The topological polar surface area (TPSA) is 70.0 Å². The lowest BCUT2D eigenvalue weighted by atomic mass is 10.2. The Morgan fingerprint density at radius 2 is 1.95 bits per heavy atom. The standard InChI is InChI=1S/C13H8ClFN2O2S/c14-12-5-4-10(15)7-13(12)20(18,19)17-11-3-1-2-9(6-11)8-16/h1-7,17H. The Labute approximate surface area is 120 Å². The molecule has 0 aliphatic rings. The van der Waals surface area contributed by atoms with Crippen LogP contribution in [0, 0.1) is 17.1 Å². The lowest BCUT2D eigenvalue weighted by Crippen LogP contribution is -2.13. The molecule has 2 aromatic carbocycles. The number of halogens is 2. The van der Waals surface area contributed by atoms with E-state index in [2.05, 4.69) is 4.72 Å².